The molecule has 0 spiro atoms. The average Bonchev–Trinajstić information content (AvgIpc) is 3.21. The first-order valence-electron chi connectivity index (χ1n) is 10.4. The van der Waals surface area contributed by atoms with Gasteiger partial charge in [-0.15, -0.1) is 0 Å². The molecule has 1 aromatic heterocycles. The number of carbonyl (C=O) groups excluding carboxylic acids is 1. The fourth-order valence-electron chi connectivity index (χ4n) is 3.78. The number of aryl methyl sites for hydroxylation is 2. The van der Waals surface area contributed by atoms with Gasteiger partial charge in [-0.2, -0.15) is 4.98 Å². The molecule has 31 heavy (non-hydrogen) atoms. The molecule has 8 heteroatoms. The smallest absolute Gasteiger partial charge is 0.241 e. The summed E-state index contributed by atoms with van der Waals surface area (Å²) in [6, 6.07) is 13.7. The molecule has 0 bridgehead atoms. The first-order chi connectivity index (χ1) is 15.0. The summed E-state index contributed by atoms with van der Waals surface area (Å²) in [4.78, 5) is 21.4. The fraction of sp³-hybridized carbons (Fsp3) is 0.348. The van der Waals surface area contributed by atoms with Gasteiger partial charge in [-0.25, -0.2) is 0 Å². The summed E-state index contributed by atoms with van der Waals surface area (Å²) in [5.74, 6) is 1.16. The van der Waals surface area contributed by atoms with Crippen LogP contribution in [0.15, 0.2) is 47.0 Å². The molecule has 0 unspecified atom stereocenters. The molecule has 0 atom stereocenters. The number of hydrogen-bond acceptors (Lipinski definition) is 6. The number of halogens is 1. The largest absolute Gasteiger partial charge is 0.338 e. The highest BCUT2D eigenvalue weighted by atomic mass is 35.5. The molecule has 1 amide bonds. The van der Waals surface area contributed by atoms with E-state index in [2.05, 4.69) is 25.3 Å². The van der Waals surface area contributed by atoms with Crippen LogP contribution in [0.4, 0.5) is 5.69 Å². The molecule has 0 radical (unpaired) electrons. The summed E-state index contributed by atoms with van der Waals surface area (Å²) in [5, 5.41) is 7.62. The Kier molecular flexibility index (Phi) is 6.65. The van der Waals surface area contributed by atoms with E-state index in [9.17, 15) is 4.79 Å². The Balaban J connectivity index is 1.26. The second-order valence-corrected chi connectivity index (χ2v) is 8.32. The van der Waals surface area contributed by atoms with E-state index in [4.69, 9.17) is 16.1 Å². The molecule has 1 aliphatic heterocycles. The van der Waals surface area contributed by atoms with Crippen LogP contribution in [0.5, 0.6) is 0 Å². The van der Waals surface area contributed by atoms with Crippen LogP contribution in [-0.2, 0) is 11.3 Å². The van der Waals surface area contributed by atoms with Crippen molar-refractivity contribution in [3.63, 3.8) is 0 Å². The molecule has 1 N–H and O–H groups in total. The molecule has 7 nitrogen and oxygen atoms in total. The standard InChI is InChI=1S/C23H26ClN5O2/c1-16-12-17(2)22(19(24)13-16)25-20(30)14-28-8-10-29(11-9-28)15-21-26-23(27-31-21)18-6-4-3-5-7-18/h3-7,12-13H,8-11,14-15H2,1-2H3,(H,25,30). The van der Waals surface area contributed by atoms with E-state index in [1.54, 1.807) is 0 Å². The van der Waals surface area contributed by atoms with Gasteiger partial charge in [-0.05, 0) is 31.0 Å². The van der Waals surface area contributed by atoms with Crippen LogP contribution >= 0.6 is 11.6 Å². The van der Waals surface area contributed by atoms with Crippen molar-refractivity contribution in [1.29, 1.82) is 0 Å². The molecule has 162 valence electrons. The highest BCUT2D eigenvalue weighted by molar-refractivity contribution is 6.34. The normalized spacial score (nSPS) is 15.2. The number of anilines is 1. The minimum atomic E-state index is -0.0493. The SMILES string of the molecule is Cc1cc(C)c(NC(=O)CN2CCN(Cc3nc(-c4ccccc4)no3)CC2)c(Cl)c1. The van der Waals surface area contributed by atoms with E-state index < -0.39 is 0 Å². The number of piperazine rings is 1. The van der Waals surface area contributed by atoms with E-state index >= 15 is 0 Å². The highest BCUT2D eigenvalue weighted by Gasteiger charge is 2.21. The van der Waals surface area contributed by atoms with E-state index in [1.807, 2.05) is 56.3 Å². The van der Waals surface area contributed by atoms with Crippen molar-refractivity contribution in [2.24, 2.45) is 0 Å². The van der Waals surface area contributed by atoms with Crippen LogP contribution in [0.2, 0.25) is 5.02 Å². The van der Waals surface area contributed by atoms with Crippen LogP contribution < -0.4 is 5.32 Å². The van der Waals surface area contributed by atoms with Crippen molar-refractivity contribution in [2.45, 2.75) is 20.4 Å². The molecule has 2 aromatic carbocycles. The van der Waals surface area contributed by atoms with Crippen LogP contribution in [0.1, 0.15) is 17.0 Å². The van der Waals surface area contributed by atoms with Gasteiger partial charge >= 0.3 is 0 Å². The molecular weight excluding hydrogens is 414 g/mol. The minimum absolute atomic E-state index is 0.0493. The van der Waals surface area contributed by atoms with Crippen LogP contribution in [0, 0.1) is 13.8 Å². The van der Waals surface area contributed by atoms with Gasteiger partial charge in [-0.1, -0.05) is 53.2 Å². The number of hydrogen-bond donors (Lipinski definition) is 1. The zero-order valence-corrected chi connectivity index (χ0v) is 18.5. The van der Waals surface area contributed by atoms with Crippen LogP contribution in [-0.4, -0.2) is 58.6 Å². The summed E-state index contributed by atoms with van der Waals surface area (Å²) in [6.07, 6.45) is 0. The number of amides is 1. The maximum atomic E-state index is 12.5. The van der Waals surface area contributed by atoms with Crippen molar-refractivity contribution in [3.05, 3.63) is 64.5 Å². The molecule has 1 aliphatic rings. The van der Waals surface area contributed by atoms with E-state index in [0.29, 0.717) is 35.5 Å². The third-order valence-corrected chi connectivity index (χ3v) is 5.69. The van der Waals surface area contributed by atoms with Crippen molar-refractivity contribution in [2.75, 3.05) is 38.0 Å². The molecule has 0 saturated carbocycles. The van der Waals surface area contributed by atoms with E-state index in [-0.39, 0.29) is 5.91 Å². The number of benzene rings is 2. The van der Waals surface area contributed by atoms with Gasteiger partial charge in [0, 0.05) is 31.7 Å². The maximum Gasteiger partial charge on any atom is 0.241 e. The van der Waals surface area contributed by atoms with Crippen molar-refractivity contribution >= 4 is 23.2 Å². The van der Waals surface area contributed by atoms with Crippen molar-refractivity contribution in [3.8, 4) is 11.4 Å². The molecule has 0 aliphatic carbocycles. The first kappa shape index (κ1) is 21.5. The lowest BCUT2D eigenvalue weighted by Gasteiger charge is -2.33. The molecule has 1 fully saturated rings. The zero-order chi connectivity index (χ0) is 21.8. The molecule has 4 rings (SSSR count). The third kappa shape index (κ3) is 5.50. The quantitative estimate of drug-likeness (QED) is 0.630. The number of aromatic nitrogens is 2. The Morgan fingerprint density at radius 3 is 2.52 bits per heavy atom. The molecule has 2 heterocycles. The van der Waals surface area contributed by atoms with Gasteiger partial charge in [-0.3, -0.25) is 14.6 Å². The van der Waals surface area contributed by atoms with Gasteiger partial charge in [0.05, 0.1) is 23.8 Å². The summed E-state index contributed by atoms with van der Waals surface area (Å²) in [5.41, 5.74) is 3.69. The summed E-state index contributed by atoms with van der Waals surface area (Å²) < 4.78 is 5.42. The summed E-state index contributed by atoms with van der Waals surface area (Å²) in [7, 11) is 0. The van der Waals surface area contributed by atoms with Gasteiger partial charge in [0.2, 0.25) is 17.6 Å². The summed E-state index contributed by atoms with van der Waals surface area (Å²) in [6.45, 7) is 8.16. The van der Waals surface area contributed by atoms with Gasteiger partial charge in [0.1, 0.15) is 0 Å². The maximum absolute atomic E-state index is 12.5. The molecule has 3 aromatic rings. The van der Waals surface area contributed by atoms with Crippen LogP contribution in [0.25, 0.3) is 11.4 Å². The topological polar surface area (TPSA) is 74.5 Å². The molecule has 1 saturated heterocycles. The Morgan fingerprint density at radius 1 is 1.10 bits per heavy atom. The van der Waals surface area contributed by atoms with E-state index in [1.165, 1.54) is 0 Å². The predicted molar refractivity (Wildman–Crippen MR) is 121 cm³/mol. The number of nitrogens with one attached hydrogen (secondary N) is 1. The molecular formula is C23H26ClN5O2. The zero-order valence-electron chi connectivity index (χ0n) is 17.8. The predicted octanol–water partition coefficient (Wildman–Crippen LogP) is 3.76. The Labute approximate surface area is 187 Å². The van der Waals surface area contributed by atoms with Gasteiger partial charge in [0.15, 0.2) is 0 Å². The van der Waals surface area contributed by atoms with Crippen molar-refractivity contribution in [1.82, 2.24) is 19.9 Å². The monoisotopic (exact) mass is 439 g/mol. The number of carbonyl (C=O) groups is 1. The number of nitrogens with zero attached hydrogens (tertiary/aromatic N) is 4. The average molecular weight is 440 g/mol. The minimum Gasteiger partial charge on any atom is -0.338 e. The van der Waals surface area contributed by atoms with Crippen LogP contribution in [0.3, 0.4) is 0 Å². The fourth-order valence-corrected chi connectivity index (χ4v) is 4.14. The second-order valence-electron chi connectivity index (χ2n) is 7.92. The Hall–Kier alpha value is -2.74. The van der Waals surface area contributed by atoms with Crippen molar-refractivity contribution < 1.29 is 9.32 Å². The van der Waals surface area contributed by atoms with E-state index in [0.717, 1.165) is 42.9 Å². The second kappa shape index (κ2) is 9.60. The first-order valence-corrected chi connectivity index (χ1v) is 10.7. The van der Waals surface area contributed by atoms with Gasteiger partial charge < -0.3 is 9.84 Å². The van der Waals surface area contributed by atoms with Gasteiger partial charge in [0.25, 0.3) is 0 Å². The third-order valence-electron chi connectivity index (χ3n) is 5.39. The lowest BCUT2D eigenvalue weighted by Crippen LogP contribution is -2.48. The Morgan fingerprint density at radius 2 is 1.81 bits per heavy atom. The lowest BCUT2D eigenvalue weighted by molar-refractivity contribution is -0.117. The highest BCUT2D eigenvalue weighted by Crippen LogP contribution is 2.27. The number of rotatable bonds is 6. The Bertz CT molecular complexity index is 1020. The lowest BCUT2D eigenvalue weighted by atomic mass is 10.1. The summed E-state index contributed by atoms with van der Waals surface area (Å²) >= 11 is 6.30.